The van der Waals surface area contributed by atoms with Gasteiger partial charge >= 0.3 is 0 Å². The van der Waals surface area contributed by atoms with Crippen molar-refractivity contribution in [2.24, 2.45) is 0 Å². The molecule has 22 heavy (non-hydrogen) atoms. The molecule has 1 fully saturated rings. The average Bonchev–Trinajstić information content (AvgIpc) is 2.56. The third-order valence-electron chi connectivity index (χ3n) is 4.64. The Labute approximate surface area is 133 Å². The van der Waals surface area contributed by atoms with E-state index in [0.29, 0.717) is 6.04 Å². The molecule has 2 heteroatoms. The number of hydrogen-bond donors (Lipinski definition) is 0. The third kappa shape index (κ3) is 3.08. The summed E-state index contributed by atoms with van der Waals surface area (Å²) in [6, 6.07) is 19.9. The molecule has 0 radical (unpaired) electrons. The van der Waals surface area contributed by atoms with Crippen LogP contribution >= 0.6 is 0 Å². The minimum atomic E-state index is -0.211. The van der Waals surface area contributed by atoms with Crippen LogP contribution in [-0.2, 0) is 10.3 Å². The highest BCUT2D eigenvalue weighted by Crippen LogP contribution is 2.31. The molecule has 1 aliphatic heterocycles. The van der Waals surface area contributed by atoms with E-state index in [0.717, 1.165) is 19.7 Å². The predicted octanol–water partition coefficient (Wildman–Crippen LogP) is 4.31. The van der Waals surface area contributed by atoms with Gasteiger partial charge in [0.25, 0.3) is 0 Å². The Balaban J connectivity index is 1.83. The summed E-state index contributed by atoms with van der Waals surface area (Å²) in [6.45, 7) is 9.49. The molecule has 0 aromatic heterocycles. The quantitative estimate of drug-likeness (QED) is 0.836. The van der Waals surface area contributed by atoms with Gasteiger partial charge in [-0.1, -0.05) is 54.6 Å². The molecule has 2 aromatic rings. The first-order valence-electron chi connectivity index (χ1n) is 8.12. The Bertz CT molecular complexity index is 605. The number of rotatable bonds is 3. The summed E-state index contributed by atoms with van der Waals surface area (Å²) < 4.78 is 6.14. The van der Waals surface area contributed by atoms with Crippen LogP contribution in [0.1, 0.15) is 26.3 Å². The number of nitrogens with zero attached hydrogens (tertiary/aromatic N) is 1. The van der Waals surface area contributed by atoms with Gasteiger partial charge in [0.15, 0.2) is 0 Å². The van der Waals surface area contributed by atoms with Crippen molar-refractivity contribution in [1.29, 1.82) is 0 Å². The van der Waals surface area contributed by atoms with Crippen LogP contribution in [0.25, 0.3) is 11.1 Å². The van der Waals surface area contributed by atoms with Gasteiger partial charge in [0.05, 0.1) is 6.61 Å². The van der Waals surface area contributed by atoms with Gasteiger partial charge < -0.3 is 4.74 Å². The minimum absolute atomic E-state index is 0.211. The lowest BCUT2D eigenvalue weighted by Crippen LogP contribution is -2.50. The Morgan fingerprint density at radius 1 is 0.955 bits per heavy atom. The Morgan fingerprint density at radius 3 is 2.23 bits per heavy atom. The molecule has 1 unspecified atom stereocenters. The van der Waals surface area contributed by atoms with E-state index in [1.165, 1.54) is 16.7 Å². The molecule has 116 valence electrons. The van der Waals surface area contributed by atoms with E-state index < -0.39 is 0 Å². The molecule has 3 rings (SSSR count). The molecule has 1 aliphatic rings. The molecule has 1 heterocycles. The van der Waals surface area contributed by atoms with E-state index in [1.807, 2.05) is 0 Å². The summed E-state index contributed by atoms with van der Waals surface area (Å²) in [5.74, 6) is 0. The lowest BCUT2D eigenvalue weighted by molar-refractivity contribution is -0.110. The number of hydrogen-bond acceptors (Lipinski definition) is 2. The molecule has 0 N–H and O–H groups in total. The van der Waals surface area contributed by atoms with Crippen molar-refractivity contribution in [2.45, 2.75) is 32.4 Å². The highest BCUT2D eigenvalue weighted by Gasteiger charge is 2.34. The largest absolute Gasteiger partial charge is 0.368 e. The van der Waals surface area contributed by atoms with Crippen LogP contribution in [0, 0.1) is 0 Å². The van der Waals surface area contributed by atoms with Crippen molar-refractivity contribution in [3.63, 3.8) is 0 Å². The normalized spacial score (nSPS) is 22.9. The molecular formula is C20H25NO. The van der Waals surface area contributed by atoms with E-state index in [4.69, 9.17) is 4.74 Å². The maximum atomic E-state index is 6.14. The van der Waals surface area contributed by atoms with Gasteiger partial charge in [-0.3, -0.25) is 4.90 Å². The van der Waals surface area contributed by atoms with Gasteiger partial charge in [-0.15, -0.1) is 0 Å². The molecule has 2 nitrogen and oxygen atoms in total. The lowest BCUT2D eigenvalue weighted by atomic mass is 9.91. The highest BCUT2D eigenvalue weighted by molar-refractivity contribution is 5.63. The maximum absolute atomic E-state index is 6.14. The van der Waals surface area contributed by atoms with Crippen LogP contribution in [0.3, 0.4) is 0 Å². The first-order valence-corrected chi connectivity index (χ1v) is 8.12. The van der Waals surface area contributed by atoms with Gasteiger partial charge in [0, 0.05) is 19.1 Å². The van der Waals surface area contributed by atoms with Gasteiger partial charge in [0.1, 0.15) is 5.60 Å². The van der Waals surface area contributed by atoms with Crippen LogP contribution in [0.5, 0.6) is 0 Å². The van der Waals surface area contributed by atoms with Crippen molar-refractivity contribution in [3.05, 3.63) is 60.2 Å². The van der Waals surface area contributed by atoms with Crippen LogP contribution in [-0.4, -0.2) is 30.6 Å². The van der Waals surface area contributed by atoms with Crippen LogP contribution < -0.4 is 0 Å². The van der Waals surface area contributed by atoms with Crippen LogP contribution in [0.2, 0.25) is 0 Å². The SMILES string of the molecule is CC(C)N1CCOC(C)(c2ccc(-c3ccccc3)cc2)C1. The topological polar surface area (TPSA) is 12.5 Å². The minimum Gasteiger partial charge on any atom is -0.368 e. The zero-order chi connectivity index (χ0) is 15.6. The molecule has 0 aliphatic carbocycles. The zero-order valence-corrected chi connectivity index (χ0v) is 13.8. The molecule has 0 bridgehead atoms. The van der Waals surface area contributed by atoms with E-state index in [-0.39, 0.29) is 5.60 Å². The van der Waals surface area contributed by atoms with E-state index in [9.17, 15) is 0 Å². The Kier molecular flexibility index (Phi) is 4.32. The smallest absolute Gasteiger partial charge is 0.103 e. The fourth-order valence-electron chi connectivity index (χ4n) is 3.16. The van der Waals surface area contributed by atoms with Gasteiger partial charge in [0.2, 0.25) is 0 Å². The predicted molar refractivity (Wildman–Crippen MR) is 91.9 cm³/mol. The van der Waals surface area contributed by atoms with Gasteiger partial charge in [-0.05, 0) is 37.5 Å². The second-order valence-electron chi connectivity index (χ2n) is 6.59. The fourth-order valence-corrected chi connectivity index (χ4v) is 3.16. The van der Waals surface area contributed by atoms with Crippen LogP contribution in [0.15, 0.2) is 54.6 Å². The lowest BCUT2D eigenvalue weighted by Gasteiger charge is -2.42. The number of morpholine rings is 1. The van der Waals surface area contributed by atoms with Gasteiger partial charge in [-0.2, -0.15) is 0 Å². The molecule has 0 spiro atoms. The van der Waals surface area contributed by atoms with Crippen molar-refractivity contribution < 1.29 is 4.74 Å². The second-order valence-corrected chi connectivity index (χ2v) is 6.59. The summed E-state index contributed by atoms with van der Waals surface area (Å²) in [5.41, 5.74) is 3.56. The summed E-state index contributed by atoms with van der Waals surface area (Å²) >= 11 is 0. The summed E-state index contributed by atoms with van der Waals surface area (Å²) in [7, 11) is 0. The summed E-state index contributed by atoms with van der Waals surface area (Å²) in [6.07, 6.45) is 0. The number of benzene rings is 2. The molecule has 0 saturated carbocycles. The van der Waals surface area contributed by atoms with E-state index >= 15 is 0 Å². The monoisotopic (exact) mass is 295 g/mol. The van der Waals surface area contributed by atoms with E-state index in [2.05, 4.69) is 80.3 Å². The molecule has 2 aromatic carbocycles. The summed E-state index contributed by atoms with van der Waals surface area (Å²) in [4.78, 5) is 2.49. The maximum Gasteiger partial charge on any atom is 0.103 e. The molecule has 1 saturated heterocycles. The van der Waals surface area contributed by atoms with Crippen molar-refractivity contribution >= 4 is 0 Å². The average molecular weight is 295 g/mol. The fraction of sp³-hybridized carbons (Fsp3) is 0.400. The number of ether oxygens (including phenoxy) is 1. The third-order valence-corrected chi connectivity index (χ3v) is 4.64. The second kappa shape index (κ2) is 6.23. The Morgan fingerprint density at radius 2 is 1.59 bits per heavy atom. The van der Waals surface area contributed by atoms with Crippen LogP contribution in [0.4, 0.5) is 0 Å². The molecular weight excluding hydrogens is 270 g/mol. The van der Waals surface area contributed by atoms with Crippen molar-refractivity contribution in [1.82, 2.24) is 4.90 Å². The van der Waals surface area contributed by atoms with E-state index in [1.54, 1.807) is 0 Å². The zero-order valence-electron chi connectivity index (χ0n) is 13.8. The Hall–Kier alpha value is -1.64. The van der Waals surface area contributed by atoms with Crippen molar-refractivity contribution in [3.8, 4) is 11.1 Å². The molecule has 1 atom stereocenters. The first kappa shape index (κ1) is 15.3. The highest BCUT2D eigenvalue weighted by atomic mass is 16.5. The first-order chi connectivity index (χ1) is 10.6. The standard InChI is InChI=1S/C20H25NO/c1-16(2)21-13-14-22-20(3,15-21)19-11-9-18(10-12-19)17-7-5-4-6-8-17/h4-12,16H,13-15H2,1-3H3. The summed E-state index contributed by atoms with van der Waals surface area (Å²) in [5, 5.41) is 0. The molecule has 0 amide bonds. The van der Waals surface area contributed by atoms with Gasteiger partial charge in [-0.25, -0.2) is 0 Å². The van der Waals surface area contributed by atoms with Crippen molar-refractivity contribution in [2.75, 3.05) is 19.7 Å².